The molecule has 2 aliphatic heterocycles. The van der Waals surface area contributed by atoms with Crippen LogP contribution in [0.15, 0.2) is 18.2 Å². The molecule has 0 unspecified atom stereocenters. The Labute approximate surface area is 235 Å². The molecule has 1 saturated heterocycles. The number of aromatic nitrogens is 4. The van der Waals surface area contributed by atoms with E-state index in [4.69, 9.17) is 19.8 Å². The van der Waals surface area contributed by atoms with Crippen LogP contribution in [0.1, 0.15) is 59.9 Å². The van der Waals surface area contributed by atoms with E-state index in [1.165, 1.54) is 0 Å². The highest BCUT2D eigenvalue weighted by Crippen LogP contribution is 2.41. The van der Waals surface area contributed by atoms with Crippen molar-refractivity contribution in [3.8, 4) is 0 Å². The molecule has 5 rings (SSSR count). The molecule has 3 aliphatic rings. The zero-order valence-electron chi connectivity index (χ0n) is 22.5. The first-order valence-electron chi connectivity index (χ1n) is 13.0. The lowest BCUT2D eigenvalue weighted by Gasteiger charge is -2.44. The van der Waals surface area contributed by atoms with Crippen LogP contribution in [0.25, 0.3) is 0 Å². The number of carbonyl (C=O) groups excluding carboxylic acids is 1. The van der Waals surface area contributed by atoms with Crippen molar-refractivity contribution < 1.29 is 50.9 Å². The zero-order chi connectivity index (χ0) is 31.3. The maximum absolute atomic E-state index is 12.5. The highest BCUT2D eigenvalue weighted by atomic mass is 19.4. The molecule has 17 heteroatoms. The molecule has 1 amide bonds. The first-order valence-corrected chi connectivity index (χ1v) is 13.0. The van der Waals surface area contributed by atoms with Gasteiger partial charge in [-0.15, -0.1) is 10.2 Å². The van der Waals surface area contributed by atoms with Crippen LogP contribution >= 0.6 is 0 Å². The fraction of sp³-hybridized carbons (Fsp3) is 0.600. The average molecular weight is 609 g/mol. The summed E-state index contributed by atoms with van der Waals surface area (Å²) in [5.74, 6) is -4.09. The minimum Gasteiger partial charge on any atom is -0.475 e. The third kappa shape index (κ3) is 9.39. The van der Waals surface area contributed by atoms with Crippen LogP contribution in [0.3, 0.4) is 0 Å². The minimum atomic E-state index is -5.08. The van der Waals surface area contributed by atoms with Gasteiger partial charge in [0.2, 0.25) is 5.82 Å². The lowest BCUT2D eigenvalue weighted by atomic mass is 9.73. The number of hydrogen-bond acceptors (Lipinski definition) is 7. The third-order valence-corrected chi connectivity index (χ3v) is 7.05. The van der Waals surface area contributed by atoms with Gasteiger partial charge in [0.05, 0.1) is 5.69 Å². The molecule has 4 heterocycles. The summed E-state index contributed by atoms with van der Waals surface area (Å²) < 4.78 is 65.6. The van der Waals surface area contributed by atoms with Crippen molar-refractivity contribution in [1.29, 1.82) is 0 Å². The largest absolute Gasteiger partial charge is 0.490 e. The number of carboxylic acid groups (broad SMARTS) is 2. The fourth-order valence-corrected chi connectivity index (χ4v) is 4.63. The Morgan fingerprint density at radius 1 is 0.976 bits per heavy atom. The second-order valence-electron chi connectivity index (χ2n) is 10.4. The first-order chi connectivity index (χ1) is 19.5. The Hall–Kier alpha value is -3.76. The Bertz CT molecular complexity index is 1250. The van der Waals surface area contributed by atoms with E-state index >= 15 is 0 Å². The van der Waals surface area contributed by atoms with Gasteiger partial charge in [0.1, 0.15) is 5.82 Å². The van der Waals surface area contributed by atoms with Crippen LogP contribution < -0.4 is 5.32 Å². The van der Waals surface area contributed by atoms with E-state index in [2.05, 4.69) is 42.1 Å². The molecule has 2 aromatic heterocycles. The molecule has 0 radical (unpaired) electrons. The van der Waals surface area contributed by atoms with Gasteiger partial charge in [-0.3, -0.25) is 14.7 Å². The zero-order valence-corrected chi connectivity index (χ0v) is 22.5. The summed E-state index contributed by atoms with van der Waals surface area (Å²) in [5.41, 5.74) is 2.50. The molecule has 232 valence electrons. The van der Waals surface area contributed by atoms with E-state index in [0.29, 0.717) is 11.9 Å². The molecule has 0 aromatic carbocycles. The van der Waals surface area contributed by atoms with Crippen LogP contribution in [0.5, 0.6) is 0 Å². The van der Waals surface area contributed by atoms with Crippen LogP contribution in [0.2, 0.25) is 0 Å². The number of amides is 1. The lowest BCUT2D eigenvalue weighted by Crippen LogP contribution is -2.45. The van der Waals surface area contributed by atoms with E-state index in [9.17, 15) is 31.1 Å². The van der Waals surface area contributed by atoms with E-state index < -0.39 is 24.3 Å². The van der Waals surface area contributed by atoms with E-state index in [1.807, 2.05) is 13.0 Å². The smallest absolute Gasteiger partial charge is 0.475 e. The summed E-state index contributed by atoms with van der Waals surface area (Å²) in [4.78, 5) is 37.5. The summed E-state index contributed by atoms with van der Waals surface area (Å²) >= 11 is 0. The highest BCUT2D eigenvalue weighted by molar-refractivity contribution is 5.91. The van der Waals surface area contributed by atoms with Gasteiger partial charge in [0, 0.05) is 31.2 Å². The van der Waals surface area contributed by atoms with Crippen molar-refractivity contribution in [2.45, 2.75) is 76.9 Å². The van der Waals surface area contributed by atoms with Gasteiger partial charge >= 0.3 is 24.3 Å². The van der Waals surface area contributed by atoms with Crippen molar-refractivity contribution in [3.63, 3.8) is 0 Å². The number of rotatable bonds is 4. The van der Waals surface area contributed by atoms with Gasteiger partial charge in [-0.1, -0.05) is 6.07 Å². The van der Waals surface area contributed by atoms with Gasteiger partial charge in [-0.25, -0.2) is 9.59 Å². The second-order valence-corrected chi connectivity index (χ2v) is 10.4. The molecule has 0 bridgehead atoms. The van der Waals surface area contributed by atoms with Gasteiger partial charge in [0.15, 0.2) is 0 Å². The highest BCUT2D eigenvalue weighted by Gasteiger charge is 2.41. The molecular formula is C25H30F6N6O5. The number of aryl methyl sites for hydroxylation is 2. The molecule has 1 spiro atoms. The first kappa shape index (κ1) is 32.8. The Kier molecular flexibility index (Phi) is 10.2. The van der Waals surface area contributed by atoms with Crippen LogP contribution in [-0.2, 0) is 29.1 Å². The molecule has 3 N–H and O–H groups in total. The average Bonchev–Trinajstić information content (AvgIpc) is 3.61. The van der Waals surface area contributed by atoms with Crippen molar-refractivity contribution >= 4 is 17.8 Å². The molecule has 2 fully saturated rings. The van der Waals surface area contributed by atoms with Crippen molar-refractivity contribution in [1.82, 2.24) is 30.0 Å². The topological polar surface area (TPSA) is 151 Å². The fourth-order valence-electron chi connectivity index (χ4n) is 4.63. The van der Waals surface area contributed by atoms with Gasteiger partial charge < -0.3 is 20.1 Å². The predicted octanol–water partition coefficient (Wildman–Crippen LogP) is 3.37. The number of likely N-dealkylation sites (tertiary alicyclic amines) is 1. The number of carbonyl (C=O) groups is 3. The van der Waals surface area contributed by atoms with Crippen LogP contribution in [0, 0.1) is 12.3 Å². The third-order valence-electron chi connectivity index (χ3n) is 7.05. The number of halogens is 6. The Morgan fingerprint density at radius 2 is 1.55 bits per heavy atom. The van der Waals surface area contributed by atoms with E-state index in [-0.39, 0.29) is 11.3 Å². The number of alkyl halides is 6. The number of carboxylic acids is 2. The second kappa shape index (κ2) is 13.0. The quantitative estimate of drug-likeness (QED) is 0.444. The standard InChI is InChI=1S/C21H28N6O.2C2HF3O2/c1-15-3-2-4-17(22-15)13-26-11-9-21(10-12-26)8-7-18-24-25-19(27(18)14-21)20(28)23-16-5-6-16;2*3-2(4,5)1(6)7/h2-4,16H,5-14H2,1H3,(H,23,28);2*(H,6,7). The predicted molar refractivity (Wildman–Crippen MR) is 132 cm³/mol. The summed E-state index contributed by atoms with van der Waals surface area (Å²) in [6.45, 7) is 6.00. The molecular weight excluding hydrogens is 578 g/mol. The monoisotopic (exact) mass is 608 g/mol. The molecule has 0 atom stereocenters. The summed E-state index contributed by atoms with van der Waals surface area (Å²) in [6, 6.07) is 6.60. The maximum atomic E-state index is 12.5. The van der Waals surface area contributed by atoms with Gasteiger partial charge in [-0.05, 0) is 69.7 Å². The summed E-state index contributed by atoms with van der Waals surface area (Å²) in [5, 5.41) is 25.8. The Balaban J connectivity index is 0.000000289. The molecule has 11 nitrogen and oxygen atoms in total. The maximum Gasteiger partial charge on any atom is 0.490 e. The number of aliphatic carboxylic acids is 2. The SMILES string of the molecule is Cc1cccc(CN2CCC3(CCc4nnc(C(=O)NC5CC5)n4C3)CC2)n1.O=C(O)C(F)(F)F.O=C(O)C(F)(F)F. The van der Waals surface area contributed by atoms with Crippen LogP contribution in [0.4, 0.5) is 26.3 Å². The molecule has 1 saturated carbocycles. The van der Waals surface area contributed by atoms with Crippen LogP contribution in [-0.4, -0.2) is 84.2 Å². The number of pyridine rings is 1. The van der Waals surface area contributed by atoms with E-state index in [0.717, 1.165) is 81.9 Å². The Morgan fingerprint density at radius 3 is 2.05 bits per heavy atom. The summed E-state index contributed by atoms with van der Waals surface area (Å²) in [7, 11) is 0. The van der Waals surface area contributed by atoms with Crippen molar-refractivity contribution in [2.75, 3.05) is 13.1 Å². The van der Waals surface area contributed by atoms with Crippen molar-refractivity contribution in [2.24, 2.45) is 5.41 Å². The summed E-state index contributed by atoms with van der Waals surface area (Å²) in [6.07, 6.45) is -3.63. The van der Waals surface area contributed by atoms with Gasteiger partial charge in [-0.2, -0.15) is 26.3 Å². The normalized spacial score (nSPS) is 18.1. The number of piperidine rings is 1. The lowest BCUT2D eigenvalue weighted by molar-refractivity contribution is -0.193. The van der Waals surface area contributed by atoms with Gasteiger partial charge in [0.25, 0.3) is 5.91 Å². The molecule has 2 aromatic rings. The number of nitrogens with zero attached hydrogens (tertiary/aromatic N) is 5. The van der Waals surface area contributed by atoms with E-state index in [1.54, 1.807) is 0 Å². The molecule has 42 heavy (non-hydrogen) atoms. The number of hydrogen-bond donors (Lipinski definition) is 3. The minimum absolute atomic E-state index is 0.0544. The van der Waals surface area contributed by atoms with Crippen molar-refractivity contribution in [3.05, 3.63) is 41.2 Å². The number of fused-ring (bicyclic) bond motifs is 1. The molecule has 1 aliphatic carbocycles. The number of nitrogens with one attached hydrogen (secondary N) is 1.